The molecule has 4 heteroatoms. The summed E-state index contributed by atoms with van der Waals surface area (Å²) in [6.07, 6.45) is 0.0775. The maximum atomic E-state index is 12.9. The normalized spacial score (nSPS) is 16.8. The summed E-state index contributed by atoms with van der Waals surface area (Å²) in [6, 6.07) is 4.49. The zero-order valence-electron chi connectivity index (χ0n) is 6.80. The molecule has 70 valence electrons. The van der Waals surface area contributed by atoms with Gasteiger partial charge in [-0.3, -0.25) is 0 Å². The van der Waals surface area contributed by atoms with Crippen LogP contribution in [0.2, 0.25) is 0 Å². The van der Waals surface area contributed by atoms with E-state index in [0.717, 1.165) is 0 Å². The van der Waals surface area contributed by atoms with Crippen molar-refractivity contribution in [2.75, 3.05) is 13.2 Å². The first-order valence-corrected chi connectivity index (χ1v) is 4.74. The first-order chi connectivity index (χ1) is 6.24. The van der Waals surface area contributed by atoms with Crippen LogP contribution in [0.25, 0.3) is 0 Å². The van der Waals surface area contributed by atoms with Crippen LogP contribution in [0.5, 0.6) is 5.75 Å². The van der Waals surface area contributed by atoms with E-state index in [9.17, 15) is 4.39 Å². The number of hydrogen-bond donors (Lipinski definition) is 0. The third kappa shape index (κ3) is 2.19. The van der Waals surface area contributed by atoms with Gasteiger partial charge in [-0.2, -0.15) is 0 Å². The van der Waals surface area contributed by atoms with Gasteiger partial charge < -0.3 is 9.47 Å². The fraction of sp³-hybridized carbons (Fsp3) is 0.333. The Morgan fingerprint density at radius 1 is 1.38 bits per heavy atom. The van der Waals surface area contributed by atoms with Crippen molar-refractivity contribution in [3.05, 3.63) is 28.5 Å². The van der Waals surface area contributed by atoms with E-state index in [2.05, 4.69) is 15.9 Å². The molecule has 0 amide bonds. The minimum atomic E-state index is -0.301. The Labute approximate surface area is 83.8 Å². The lowest BCUT2D eigenvalue weighted by Gasteiger charge is -2.26. The van der Waals surface area contributed by atoms with Gasteiger partial charge in [-0.1, -0.05) is 15.9 Å². The quantitative estimate of drug-likeness (QED) is 0.798. The van der Waals surface area contributed by atoms with E-state index < -0.39 is 0 Å². The fourth-order valence-electron chi connectivity index (χ4n) is 1.07. The van der Waals surface area contributed by atoms with Crippen molar-refractivity contribution < 1.29 is 13.9 Å². The van der Waals surface area contributed by atoms with Crippen LogP contribution in [0, 0.1) is 5.82 Å². The van der Waals surface area contributed by atoms with Crippen molar-refractivity contribution in [2.45, 2.75) is 6.10 Å². The van der Waals surface area contributed by atoms with Crippen LogP contribution in [0.1, 0.15) is 0 Å². The SMILES string of the molecule is Fc1cc(Br)cc(OC2COC2)c1. The average Bonchev–Trinajstić information content (AvgIpc) is 1.95. The Balaban J connectivity index is 2.10. The van der Waals surface area contributed by atoms with Gasteiger partial charge in [-0.25, -0.2) is 4.39 Å². The Morgan fingerprint density at radius 3 is 2.69 bits per heavy atom. The molecule has 0 radical (unpaired) electrons. The molecule has 0 saturated carbocycles. The van der Waals surface area contributed by atoms with E-state index >= 15 is 0 Å². The Morgan fingerprint density at radius 2 is 2.15 bits per heavy atom. The van der Waals surface area contributed by atoms with Crippen molar-refractivity contribution in [3.63, 3.8) is 0 Å². The molecule has 0 bridgehead atoms. The maximum absolute atomic E-state index is 12.9. The number of halogens is 2. The summed E-state index contributed by atoms with van der Waals surface area (Å²) >= 11 is 3.19. The van der Waals surface area contributed by atoms with Gasteiger partial charge in [0.2, 0.25) is 0 Å². The van der Waals surface area contributed by atoms with Gasteiger partial charge in [-0.15, -0.1) is 0 Å². The molecule has 0 aromatic heterocycles. The number of hydrogen-bond acceptors (Lipinski definition) is 2. The first kappa shape index (κ1) is 8.97. The smallest absolute Gasteiger partial charge is 0.145 e. The summed E-state index contributed by atoms with van der Waals surface area (Å²) in [5, 5.41) is 0. The summed E-state index contributed by atoms with van der Waals surface area (Å²) in [6.45, 7) is 1.18. The van der Waals surface area contributed by atoms with E-state index in [-0.39, 0.29) is 11.9 Å². The van der Waals surface area contributed by atoms with Crippen LogP contribution >= 0.6 is 15.9 Å². The second-order valence-corrected chi connectivity index (χ2v) is 3.80. The van der Waals surface area contributed by atoms with Crippen molar-refractivity contribution >= 4 is 15.9 Å². The van der Waals surface area contributed by atoms with Crippen LogP contribution < -0.4 is 4.74 Å². The molecule has 1 aromatic rings. The van der Waals surface area contributed by atoms with Gasteiger partial charge in [0.15, 0.2) is 0 Å². The molecule has 1 aliphatic rings. The molecule has 1 heterocycles. The lowest BCUT2D eigenvalue weighted by molar-refractivity contribution is -0.0797. The number of benzene rings is 1. The average molecular weight is 247 g/mol. The van der Waals surface area contributed by atoms with Crippen molar-refractivity contribution in [1.29, 1.82) is 0 Å². The molecule has 0 atom stereocenters. The Bertz CT molecular complexity index is 292. The zero-order chi connectivity index (χ0) is 9.26. The lowest BCUT2D eigenvalue weighted by Crippen LogP contribution is -2.38. The summed E-state index contributed by atoms with van der Waals surface area (Å²) in [4.78, 5) is 0. The second kappa shape index (κ2) is 3.64. The minimum absolute atomic E-state index is 0.0775. The third-order valence-corrected chi connectivity index (χ3v) is 2.20. The van der Waals surface area contributed by atoms with Crippen molar-refractivity contribution in [3.8, 4) is 5.75 Å². The van der Waals surface area contributed by atoms with Gasteiger partial charge in [0.25, 0.3) is 0 Å². The molecule has 0 N–H and O–H groups in total. The summed E-state index contributed by atoms with van der Waals surface area (Å²) in [5.74, 6) is 0.241. The van der Waals surface area contributed by atoms with E-state index in [1.807, 2.05) is 0 Å². The van der Waals surface area contributed by atoms with Crippen LogP contribution in [0.3, 0.4) is 0 Å². The Hall–Kier alpha value is -0.610. The Kier molecular flexibility index (Phi) is 2.51. The molecule has 2 rings (SSSR count). The van der Waals surface area contributed by atoms with Crippen LogP contribution in [0.4, 0.5) is 4.39 Å². The minimum Gasteiger partial charge on any atom is -0.485 e. The molecule has 0 unspecified atom stereocenters. The van der Waals surface area contributed by atoms with Crippen LogP contribution in [-0.2, 0) is 4.74 Å². The summed E-state index contributed by atoms with van der Waals surface area (Å²) < 4.78 is 23.9. The molecule has 0 aliphatic carbocycles. The van der Waals surface area contributed by atoms with Crippen LogP contribution in [0.15, 0.2) is 22.7 Å². The highest BCUT2D eigenvalue weighted by molar-refractivity contribution is 9.10. The van der Waals surface area contributed by atoms with Crippen LogP contribution in [-0.4, -0.2) is 19.3 Å². The van der Waals surface area contributed by atoms with E-state index in [1.54, 1.807) is 6.07 Å². The zero-order valence-corrected chi connectivity index (χ0v) is 8.38. The van der Waals surface area contributed by atoms with Crippen molar-refractivity contribution in [2.24, 2.45) is 0 Å². The molecule has 1 aliphatic heterocycles. The van der Waals surface area contributed by atoms with E-state index in [4.69, 9.17) is 9.47 Å². The highest BCUT2D eigenvalue weighted by atomic mass is 79.9. The highest BCUT2D eigenvalue weighted by Crippen LogP contribution is 2.22. The van der Waals surface area contributed by atoms with Gasteiger partial charge in [0.1, 0.15) is 17.7 Å². The van der Waals surface area contributed by atoms with E-state index in [0.29, 0.717) is 23.4 Å². The maximum Gasteiger partial charge on any atom is 0.145 e. The predicted octanol–water partition coefficient (Wildman–Crippen LogP) is 2.37. The topological polar surface area (TPSA) is 18.5 Å². The highest BCUT2D eigenvalue weighted by Gasteiger charge is 2.20. The van der Waals surface area contributed by atoms with Gasteiger partial charge in [0, 0.05) is 10.5 Å². The lowest BCUT2D eigenvalue weighted by atomic mass is 10.3. The second-order valence-electron chi connectivity index (χ2n) is 2.88. The van der Waals surface area contributed by atoms with E-state index in [1.165, 1.54) is 12.1 Å². The molecule has 1 fully saturated rings. The molecular weight excluding hydrogens is 239 g/mol. The molecule has 13 heavy (non-hydrogen) atoms. The summed E-state index contributed by atoms with van der Waals surface area (Å²) in [7, 11) is 0. The third-order valence-electron chi connectivity index (χ3n) is 1.75. The standard InChI is InChI=1S/C9H8BrFO2/c10-6-1-7(11)3-8(2-6)13-9-4-12-5-9/h1-3,9H,4-5H2. The number of ether oxygens (including phenoxy) is 2. The summed E-state index contributed by atoms with van der Waals surface area (Å²) in [5.41, 5.74) is 0. The van der Waals surface area contributed by atoms with Gasteiger partial charge in [0.05, 0.1) is 13.2 Å². The molecule has 1 saturated heterocycles. The molecule has 1 aromatic carbocycles. The monoisotopic (exact) mass is 246 g/mol. The fourth-order valence-corrected chi connectivity index (χ4v) is 1.52. The van der Waals surface area contributed by atoms with Gasteiger partial charge >= 0.3 is 0 Å². The molecular formula is C9H8BrFO2. The molecule has 0 spiro atoms. The van der Waals surface area contributed by atoms with Gasteiger partial charge in [-0.05, 0) is 12.1 Å². The van der Waals surface area contributed by atoms with Crippen molar-refractivity contribution in [1.82, 2.24) is 0 Å². The predicted molar refractivity (Wildman–Crippen MR) is 49.3 cm³/mol. The largest absolute Gasteiger partial charge is 0.485 e. The number of rotatable bonds is 2. The molecule has 2 nitrogen and oxygen atoms in total. The first-order valence-electron chi connectivity index (χ1n) is 3.94.